The van der Waals surface area contributed by atoms with E-state index in [0.29, 0.717) is 22.5 Å². The molecule has 112 valence electrons. The molecule has 1 N–H and O–H groups in total. The third-order valence-electron chi connectivity index (χ3n) is 3.33. The quantitative estimate of drug-likeness (QED) is 0.805. The first-order valence-corrected chi connectivity index (χ1v) is 6.68. The molecule has 5 nitrogen and oxygen atoms in total. The topological polar surface area (TPSA) is 78.9 Å². The van der Waals surface area contributed by atoms with Crippen LogP contribution in [0.25, 0.3) is 16.9 Å². The number of carbonyl (C=O) groups is 1. The van der Waals surface area contributed by atoms with Crippen LogP contribution < -0.4 is 0 Å². The second kappa shape index (κ2) is 5.73. The minimum absolute atomic E-state index is 0.167. The van der Waals surface area contributed by atoms with E-state index in [1.807, 2.05) is 0 Å². The van der Waals surface area contributed by atoms with Crippen LogP contribution in [0, 0.1) is 17.1 Å². The van der Waals surface area contributed by atoms with Crippen molar-refractivity contribution in [2.75, 3.05) is 0 Å². The first-order chi connectivity index (χ1) is 11.1. The van der Waals surface area contributed by atoms with Crippen molar-refractivity contribution in [3.8, 4) is 23.0 Å². The lowest BCUT2D eigenvalue weighted by atomic mass is 10.1. The van der Waals surface area contributed by atoms with E-state index >= 15 is 0 Å². The number of aromatic nitrogens is 2. The summed E-state index contributed by atoms with van der Waals surface area (Å²) in [6.07, 6.45) is 1.55. The minimum Gasteiger partial charge on any atom is -0.478 e. The van der Waals surface area contributed by atoms with Gasteiger partial charge in [-0.1, -0.05) is 0 Å². The zero-order chi connectivity index (χ0) is 16.4. The first kappa shape index (κ1) is 14.5. The Morgan fingerprint density at radius 3 is 2.35 bits per heavy atom. The highest BCUT2D eigenvalue weighted by Crippen LogP contribution is 2.23. The van der Waals surface area contributed by atoms with Crippen LogP contribution in [0.4, 0.5) is 4.39 Å². The maximum absolute atomic E-state index is 13.0. The predicted molar refractivity (Wildman–Crippen MR) is 80.6 cm³/mol. The van der Waals surface area contributed by atoms with Crippen molar-refractivity contribution in [2.24, 2.45) is 0 Å². The van der Waals surface area contributed by atoms with Gasteiger partial charge in [-0.3, -0.25) is 0 Å². The lowest BCUT2D eigenvalue weighted by Crippen LogP contribution is -1.98. The highest BCUT2D eigenvalue weighted by atomic mass is 19.1. The zero-order valence-corrected chi connectivity index (χ0v) is 11.8. The van der Waals surface area contributed by atoms with Crippen molar-refractivity contribution in [1.29, 1.82) is 5.26 Å². The summed E-state index contributed by atoms with van der Waals surface area (Å²) in [4.78, 5) is 10.9. The van der Waals surface area contributed by atoms with E-state index in [4.69, 9.17) is 5.11 Å². The van der Waals surface area contributed by atoms with Gasteiger partial charge in [0, 0.05) is 11.8 Å². The number of hydrogen-bond acceptors (Lipinski definition) is 3. The average Bonchev–Trinajstić information content (AvgIpc) is 3.00. The molecule has 6 heteroatoms. The Morgan fingerprint density at radius 2 is 1.78 bits per heavy atom. The summed E-state index contributed by atoms with van der Waals surface area (Å²) in [6.45, 7) is 0. The molecule has 0 saturated carbocycles. The Balaban J connectivity index is 2.03. The molecule has 1 heterocycles. The highest BCUT2D eigenvalue weighted by Gasteiger charge is 2.12. The van der Waals surface area contributed by atoms with Crippen molar-refractivity contribution < 1.29 is 14.3 Å². The Labute approximate surface area is 130 Å². The third-order valence-corrected chi connectivity index (χ3v) is 3.33. The van der Waals surface area contributed by atoms with E-state index in [0.717, 1.165) is 0 Å². The van der Waals surface area contributed by atoms with E-state index in [9.17, 15) is 14.4 Å². The summed E-state index contributed by atoms with van der Waals surface area (Å²) in [5.41, 5.74) is 2.21. The van der Waals surface area contributed by atoms with Gasteiger partial charge in [0.05, 0.1) is 16.8 Å². The molecule has 3 aromatic rings. The summed E-state index contributed by atoms with van der Waals surface area (Å²) in [7, 11) is 0. The minimum atomic E-state index is -1.01. The fourth-order valence-corrected chi connectivity index (χ4v) is 2.17. The molecule has 0 bridgehead atoms. The molecule has 0 radical (unpaired) electrons. The molecule has 0 amide bonds. The lowest BCUT2D eigenvalue weighted by Gasteiger charge is -2.02. The van der Waals surface area contributed by atoms with E-state index in [1.54, 1.807) is 30.5 Å². The SMILES string of the molecule is N#Cc1cn(-c2ccc(C(=O)O)cc2)nc1-c1ccc(F)cc1. The lowest BCUT2D eigenvalue weighted by molar-refractivity contribution is 0.0697. The Kier molecular flexibility index (Phi) is 3.61. The van der Waals surface area contributed by atoms with Crippen LogP contribution in [-0.2, 0) is 0 Å². The molecular weight excluding hydrogens is 297 g/mol. The number of nitrogens with zero attached hydrogens (tertiary/aromatic N) is 3. The molecule has 3 rings (SSSR count). The largest absolute Gasteiger partial charge is 0.478 e. The number of rotatable bonds is 3. The van der Waals surface area contributed by atoms with Gasteiger partial charge in [-0.25, -0.2) is 13.9 Å². The van der Waals surface area contributed by atoms with Crippen molar-refractivity contribution in [3.05, 3.63) is 71.7 Å². The number of halogens is 1. The number of carboxylic acids is 1. The number of benzene rings is 2. The van der Waals surface area contributed by atoms with Crippen LogP contribution in [0.5, 0.6) is 0 Å². The third kappa shape index (κ3) is 2.80. The van der Waals surface area contributed by atoms with Crippen LogP contribution in [0.1, 0.15) is 15.9 Å². The molecule has 23 heavy (non-hydrogen) atoms. The predicted octanol–water partition coefficient (Wildman–Crippen LogP) is 3.25. The van der Waals surface area contributed by atoms with Crippen molar-refractivity contribution in [1.82, 2.24) is 9.78 Å². The molecule has 0 spiro atoms. The van der Waals surface area contributed by atoms with E-state index < -0.39 is 5.97 Å². The second-order valence-electron chi connectivity index (χ2n) is 4.81. The van der Waals surface area contributed by atoms with Crippen LogP contribution in [0.15, 0.2) is 54.7 Å². The van der Waals surface area contributed by atoms with E-state index in [1.165, 1.54) is 28.9 Å². The van der Waals surface area contributed by atoms with E-state index in [-0.39, 0.29) is 11.4 Å². The average molecular weight is 307 g/mol. The molecular formula is C17H10FN3O2. The molecule has 0 aliphatic heterocycles. The van der Waals surface area contributed by atoms with E-state index in [2.05, 4.69) is 11.2 Å². The number of carboxylic acid groups (broad SMARTS) is 1. The molecule has 0 fully saturated rings. The van der Waals surface area contributed by atoms with Gasteiger partial charge in [0.25, 0.3) is 0 Å². The van der Waals surface area contributed by atoms with Gasteiger partial charge in [-0.2, -0.15) is 10.4 Å². The fourth-order valence-electron chi connectivity index (χ4n) is 2.17. The van der Waals surface area contributed by atoms with Gasteiger partial charge in [0.1, 0.15) is 17.6 Å². The molecule has 0 aliphatic carbocycles. The number of hydrogen-bond donors (Lipinski definition) is 1. The highest BCUT2D eigenvalue weighted by molar-refractivity contribution is 5.87. The molecule has 0 unspecified atom stereocenters. The van der Waals surface area contributed by atoms with Crippen molar-refractivity contribution in [3.63, 3.8) is 0 Å². The summed E-state index contributed by atoms with van der Waals surface area (Å²) in [5, 5.41) is 22.5. The maximum atomic E-state index is 13.0. The molecule has 0 aliphatic rings. The Hall–Kier alpha value is -3.46. The second-order valence-corrected chi connectivity index (χ2v) is 4.81. The number of nitriles is 1. The standard InChI is InChI=1S/C17H10FN3O2/c18-14-5-1-11(2-6-14)16-13(9-19)10-21(20-16)15-7-3-12(4-8-15)17(22)23/h1-8,10H,(H,22,23). The van der Waals surface area contributed by atoms with Gasteiger partial charge in [-0.15, -0.1) is 0 Å². The summed E-state index contributed by atoms with van der Waals surface area (Å²) < 4.78 is 14.5. The van der Waals surface area contributed by atoms with Crippen LogP contribution >= 0.6 is 0 Å². The monoisotopic (exact) mass is 307 g/mol. The van der Waals surface area contributed by atoms with Gasteiger partial charge in [-0.05, 0) is 48.5 Å². The van der Waals surface area contributed by atoms with Crippen LogP contribution in [-0.4, -0.2) is 20.9 Å². The Bertz CT molecular complexity index is 907. The first-order valence-electron chi connectivity index (χ1n) is 6.68. The van der Waals surface area contributed by atoms with Gasteiger partial charge in [0.15, 0.2) is 0 Å². The normalized spacial score (nSPS) is 10.3. The van der Waals surface area contributed by atoms with Gasteiger partial charge < -0.3 is 5.11 Å². The summed E-state index contributed by atoms with van der Waals surface area (Å²) in [6, 6.07) is 13.9. The maximum Gasteiger partial charge on any atom is 0.335 e. The molecule has 1 aromatic heterocycles. The molecule has 0 saturated heterocycles. The van der Waals surface area contributed by atoms with Crippen LogP contribution in [0.3, 0.4) is 0 Å². The van der Waals surface area contributed by atoms with Crippen LogP contribution in [0.2, 0.25) is 0 Å². The van der Waals surface area contributed by atoms with Crippen molar-refractivity contribution >= 4 is 5.97 Å². The molecule has 2 aromatic carbocycles. The summed E-state index contributed by atoms with van der Waals surface area (Å²) in [5.74, 6) is -1.38. The van der Waals surface area contributed by atoms with Crippen molar-refractivity contribution in [2.45, 2.75) is 0 Å². The zero-order valence-electron chi connectivity index (χ0n) is 11.8. The fraction of sp³-hybridized carbons (Fsp3) is 0. The Morgan fingerprint density at radius 1 is 1.13 bits per heavy atom. The summed E-state index contributed by atoms with van der Waals surface area (Å²) >= 11 is 0. The van der Waals surface area contributed by atoms with Gasteiger partial charge >= 0.3 is 5.97 Å². The molecule has 0 atom stereocenters. The number of aromatic carboxylic acids is 1. The smallest absolute Gasteiger partial charge is 0.335 e. The van der Waals surface area contributed by atoms with Gasteiger partial charge in [0.2, 0.25) is 0 Å².